The molecule has 2 aromatic carbocycles. The van der Waals surface area contributed by atoms with Gasteiger partial charge in [-0.15, -0.1) is 0 Å². The molecule has 4 aliphatic heterocycles. The summed E-state index contributed by atoms with van der Waals surface area (Å²) in [5, 5.41) is 9.54. The van der Waals surface area contributed by atoms with Gasteiger partial charge >= 0.3 is 12.1 Å². The highest BCUT2D eigenvalue weighted by molar-refractivity contribution is 5.81. The predicted octanol–water partition coefficient (Wildman–Crippen LogP) is 5.69. The largest absolute Gasteiger partial charge is 0.497 e. The molecule has 4 aliphatic rings. The van der Waals surface area contributed by atoms with Crippen LogP contribution in [0.25, 0.3) is 0 Å². The first-order valence-electron chi connectivity index (χ1n) is 18.7. The number of aliphatic carboxylic acids is 1. The maximum atomic E-state index is 14.7. The van der Waals surface area contributed by atoms with E-state index in [-0.39, 0.29) is 35.6 Å². The number of methoxy groups -OCH3 is 2. The average Bonchev–Trinajstić information content (AvgIpc) is 3.80. The van der Waals surface area contributed by atoms with Crippen molar-refractivity contribution in [3.05, 3.63) is 59.2 Å². The molecular formula is C39H51F5N4O5. The summed E-state index contributed by atoms with van der Waals surface area (Å²) in [5.74, 6) is -1.71. The van der Waals surface area contributed by atoms with Crippen molar-refractivity contribution in [2.24, 2.45) is 17.8 Å². The number of carbonyl (C=O) groups excluding carboxylic acids is 1. The van der Waals surface area contributed by atoms with E-state index in [4.69, 9.17) is 9.47 Å². The van der Waals surface area contributed by atoms with Gasteiger partial charge in [0.15, 0.2) is 0 Å². The molecule has 1 amide bonds. The van der Waals surface area contributed by atoms with E-state index in [1.807, 2.05) is 39.0 Å². The number of benzene rings is 2. The van der Waals surface area contributed by atoms with Gasteiger partial charge in [-0.25, -0.2) is 8.78 Å². The van der Waals surface area contributed by atoms with Gasteiger partial charge in [-0.1, -0.05) is 18.2 Å². The minimum Gasteiger partial charge on any atom is -0.497 e. The number of ether oxygens (including phenoxy) is 2. The second kappa shape index (κ2) is 16.9. The van der Waals surface area contributed by atoms with Crippen LogP contribution in [-0.4, -0.2) is 130 Å². The van der Waals surface area contributed by atoms with Crippen LogP contribution in [0, 0.1) is 17.8 Å². The first kappa shape index (κ1) is 39.2. The predicted molar refractivity (Wildman–Crippen MR) is 190 cm³/mol. The summed E-state index contributed by atoms with van der Waals surface area (Å²) < 4.78 is 79.9. The van der Waals surface area contributed by atoms with Gasteiger partial charge in [0, 0.05) is 89.0 Å². The Bertz CT molecular complexity index is 1540. The molecule has 1 N–H and O–H groups in total. The van der Waals surface area contributed by atoms with E-state index in [1.165, 1.54) is 12.1 Å². The number of hydrogen-bond acceptors (Lipinski definition) is 7. The molecule has 4 atom stereocenters. The summed E-state index contributed by atoms with van der Waals surface area (Å²) >= 11 is 0. The molecule has 0 aromatic heterocycles. The minimum absolute atomic E-state index is 0.0139. The van der Waals surface area contributed by atoms with E-state index in [2.05, 4.69) is 4.90 Å². The van der Waals surface area contributed by atoms with Crippen molar-refractivity contribution in [2.75, 3.05) is 91.4 Å². The number of halogens is 5. The number of amides is 1. The maximum Gasteiger partial charge on any atom is 0.416 e. The van der Waals surface area contributed by atoms with E-state index >= 15 is 0 Å². The Morgan fingerprint density at radius 2 is 1.55 bits per heavy atom. The van der Waals surface area contributed by atoms with Crippen LogP contribution in [0.1, 0.15) is 54.2 Å². The van der Waals surface area contributed by atoms with Gasteiger partial charge in [0.1, 0.15) is 19.1 Å². The van der Waals surface area contributed by atoms with E-state index in [0.29, 0.717) is 88.8 Å². The van der Waals surface area contributed by atoms with E-state index < -0.39 is 43.0 Å². The van der Waals surface area contributed by atoms with Crippen LogP contribution in [-0.2, 0) is 20.5 Å². The van der Waals surface area contributed by atoms with Crippen LogP contribution in [0.2, 0.25) is 0 Å². The van der Waals surface area contributed by atoms with E-state index in [9.17, 15) is 36.6 Å². The first-order valence-corrected chi connectivity index (χ1v) is 18.7. The summed E-state index contributed by atoms with van der Waals surface area (Å²) in [6.07, 6.45) is -2.40. The Morgan fingerprint density at radius 1 is 0.868 bits per heavy atom. The molecule has 53 heavy (non-hydrogen) atoms. The lowest BCUT2D eigenvalue weighted by atomic mass is 9.86. The molecule has 4 fully saturated rings. The standard InChI is InChI=1S/C39H51F5N4O5/c1-52-24-27-20-48(22-34(27)32-8-5-28(39(42,43)44)17-36(32)46-13-9-26(10-14-46)38(50)51)37(49)35-23-47(21-33(35)25-3-6-31(53-2)7-4-25)29-11-15-45(16-12-29)30(18-40)19-41/h3-8,17,26-27,29-30,33-35H,9-16,18-24H2,1-2H3,(H,50,51)/t27-,33+,34+,35-/m1/s1. The number of anilines is 1. The molecule has 0 radical (unpaired) electrons. The summed E-state index contributed by atoms with van der Waals surface area (Å²) in [6.45, 7) is 2.54. The number of hydrogen-bond donors (Lipinski definition) is 1. The molecule has 4 saturated heterocycles. The molecule has 0 spiro atoms. The van der Waals surface area contributed by atoms with Gasteiger partial charge in [-0.2, -0.15) is 13.2 Å². The minimum atomic E-state index is -4.56. The van der Waals surface area contributed by atoms with Crippen LogP contribution in [0.15, 0.2) is 42.5 Å². The molecular weight excluding hydrogens is 699 g/mol. The summed E-state index contributed by atoms with van der Waals surface area (Å²) in [4.78, 5) is 34.3. The molecule has 6 rings (SSSR count). The summed E-state index contributed by atoms with van der Waals surface area (Å²) in [6, 6.07) is 11.0. The number of likely N-dealkylation sites (tertiary alicyclic amines) is 3. The van der Waals surface area contributed by atoms with Gasteiger partial charge in [-0.05, 0) is 61.1 Å². The van der Waals surface area contributed by atoms with Gasteiger partial charge in [0.2, 0.25) is 5.91 Å². The molecule has 0 unspecified atom stereocenters. The molecule has 292 valence electrons. The molecule has 0 aliphatic carbocycles. The average molecular weight is 751 g/mol. The van der Waals surface area contributed by atoms with Gasteiger partial charge in [0.25, 0.3) is 0 Å². The van der Waals surface area contributed by atoms with Gasteiger partial charge < -0.3 is 24.4 Å². The third-order valence-corrected chi connectivity index (χ3v) is 12.2. The first-order chi connectivity index (χ1) is 25.4. The SMILES string of the molecule is COC[C@H]1CN(C(=O)[C@@H]2CN(C3CCN(C(CF)CF)CC3)C[C@H]2c2ccc(OC)cc2)C[C@@H]1c1ccc(C(F)(F)F)cc1N1CCC(C(=O)O)CC1. The zero-order valence-electron chi connectivity index (χ0n) is 30.4. The number of nitrogens with zero attached hydrogens (tertiary/aromatic N) is 4. The van der Waals surface area contributed by atoms with Crippen molar-refractivity contribution in [1.82, 2.24) is 14.7 Å². The van der Waals surface area contributed by atoms with Gasteiger partial charge in [0.05, 0.1) is 37.2 Å². The molecule has 2 aromatic rings. The van der Waals surface area contributed by atoms with Crippen molar-refractivity contribution in [2.45, 2.75) is 55.8 Å². The Kier molecular flexibility index (Phi) is 12.5. The second-order valence-corrected chi connectivity index (χ2v) is 15.1. The van der Waals surface area contributed by atoms with Crippen LogP contribution >= 0.6 is 0 Å². The lowest BCUT2D eigenvalue weighted by molar-refractivity contribution is -0.142. The van der Waals surface area contributed by atoms with Crippen LogP contribution in [0.3, 0.4) is 0 Å². The van der Waals surface area contributed by atoms with Crippen molar-refractivity contribution in [3.8, 4) is 5.75 Å². The summed E-state index contributed by atoms with van der Waals surface area (Å²) in [7, 11) is 3.18. The fourth-order valence-electron chi connectivity index (χ4n) is 9.12. The molecule has 4 heterocycles. The van der Waals surface area contributed by atoms with Crippen LogP contribution in [0.4, 0.5) is 27.6 Å². The van der Waals surface area contributed by atoms with E-state index in [1.54, 1.807) is 14.2 Å². The highest BCUT2D eigenvalue weighted by atomic mass is 19.4. The number of piperidine rings is 2. The zero-order chi connectivity index (χ0) is 37.9. The van der Waals surface area contributed by atoms with Crippen molar-refractivity contribution in [1.29, 1.82) is 0 Å². The number of alkyl halides is 5. The zero-order valence-corrected chi connectivity index (χ0v) is 30.4. The lowest BCUT2D eigenvalue weighted by Gasteiger charge is -2.39. The van der Waals surface area contributed by atoms with Crippen molar-refractivity contribution >= 4 is 17.6 Å². The van der Waals surface area contributed by atoms with Crippen molar-refractivity contribution < 1.29 is 46.1 Å². The van der Waals surface area contributed by atoms with Crippen LogP contribution < -0.4 is 9.64 Å². The van der Waals surface area contributed by atoms with E-state index in [0.717, 1.165) is 24.5 Å². The Balaban J connectivity index is 1.26. The highest BCUT2D eigenvalue weighted by Crippen LogP contribution is 2.44. The molecule has 9 nitrogen and oxygen atoms in total. The monoisotopic (exact) mass is 750 g/mol. The smallest absolute Gasteiger partial charge is 0.416 e. The Morgan fingerprint density at radius 3 is 2.13 bits per heavy atom. The van der Waals surface area contributed by atoms with Crippen molar-refractivity contribution in [3.63, 3.8) is 0 Å². The summed E-state index contributed by atoms with van der Waals surface area (Å²) in [5.41, 5.74) is 1.38. The second-order valence-electron chi connectivity index (χ2n) is 15.1. The normalized spacial score (nSPS) is 25.4. The third-order valence-electron chi connectivity index (χ3n) is 12.2. The fourth-order valence-corrected chi connectivity index (χ4v) is 9.12. The number of carboxylic acids is 1. The molecule has 0 saturated carbocycles. The van der Waals surface area contributed by atoms with Crippen LogP contribution in [0.5, 0.6) is 5.75 Å². The number of carbonyl (C=O) groups is 2. The topological polar surface area (TPSA) is 85.8 Å². The number of rotatable bonds is 12. The molecule has 0 bridgehead atoms. The van der Waals surface area contributed by atoms with Gasteiger partial charge in [-0.3, -0.25) is 19.4 Å². The fraction of sp³-hybridized carbons (Fsp3) is 0.641. The lowest BCUT2D eigenvalue weighted by Crippen LogP contribution is -2.49. The highest BCUT2D eigenvalue weighted by Gasteiger charge is 2.47. The Hall–Kier alpha value is -3.49. The third kappa shape index (κ3) is 8.59. The molecule has 14 heteroatoms. The quantitative estimate of drug-likeness (QED) is 0.277. The number of carboxylic acid groups (broad SMARTS) is 1. The maximum absolute atomic E-state index is 14.7. The Labute approximate surface area is 308 Å².